The smallest absolute Gasteiger partial charge is 0.0160 e. The van der Waals surface area contributed by atoms with E-state index in [0.717, 1.165) is 17.7 Å². The van der Waals surface area contributed by atoms with Crippen LogP contribution in [0.2, 0.25) is 0 Å². The molecule has 0 unspecified atom stereocenters. The van der Waals surface area contributed by atoms with Gasteiger partial charge in [0.2, 0.25) is 0 Å². The van der Waals surface area contributed by atoms with Gasteiger partial charge in [0, 0.05) is 26.3 Å². The Morgan fingerprint density at radius 3 is 2.15 bits per heavy atom. The van der Waals surface area contributed by atoms with E-state index >= 15 is 0 Å². The molecule has 0 fully saturated rings. The first-order valence-corrected chi connectivity index (χ1v) is 9.80. The van der Waals surface area contributed by atoms with Crippen LogP contribution < -0.4 is 0 Å². The van der Waals surface area contributed by atoms with Crippen molar-refractivity contribution in [2.45, 2.75) is 79.6 Å². The SMILES string of the molecule is CC(C)(C)Cc1cccnc1-c1[c-]cc2c(c1)C(C)(C)C(C)(C)C2(C)C.[Ir]. The summed E-state index contributed by atoms with van der Waals surface area (Å²) in [6, 6.07) is 12.4. The third-order valence-corrected chi connectivity index (χ3v) is 7.29. The molecule has 2 heteroatoms. The zero-order chi connectivity index (χ0) is 19.5. The van der Waals surface area contributed by atoms with E-state index < -0.39 is 0 Å². The fourth-order valence-corrected chi connectivity index (χ4v) is 4.51. The van der Waals surface area contributed by atoms with Crippen molar-refractivity contribution in [3.05, 3.63) is 53.2 Å². The van der Waals surface area contributed by atoms with Crippen molar-refractivity contribution in [3.8, 4) is 11.3 Å². The van der Waals surface area contributed by atoms with Gasteiger partial charge in [0.15, 0.2) is 0 Å². The molecule has 0 spiro atoms. The Kier molecular flexibility index (Phi) is 5.63. The molecule has 0 atom stereocenters. The zero-order valence-corrected chi connectivity index (χ0v) is 20.8. The van der Waals surface area contributed by atoms with Crippen LogP contribution in [0, 0.1) is 16.9 Å². The molecule has 0 aliphatic heterocycles. The number of nitrogens with zero attached hydrogens (tertiary/aromatic N) is 1. The molecule has 1 aliphatic rings. The molecule has 0 saturated heterocycles. The second kappa shape index (κ2) is 6.82. The monoisotopic (exact) mass is 541 g/mol. The van der Waals surface area contributed by atoms with Gasteiger partial charge in [-0.25, -0.2) is 0 Å². The first kappa shape index (κ1) is 22.3. The van der Waals surface area contributed by atoms with Crippen LogP contribution >= 0.6 is 0 Å². The van der Waals surface area contributed by atoms with Crippen LogP contribution in [0.1, 0.15) is 79.0 Å². The van der Waals surface area contributed by atoms with Gasteiger partial charge in [-0.2, -0.15) is 0 Å². The molecular formula is C25H34IrN-. The summed E-state index contributed by atoms with van der Waals surface area (Å²) in [6.07, 6.45) is 2.92. The minimum Gasteiger partial charge on any atom is -0.304 e. The first-order valence-electron chi connectivity index (χ1n) is 9.80. The van der Waals surface area contributed by atoms with Crippen molar-refractivity contribution in [2.75, 3.05) is 0 Å². The number of aromatic nitrogens is 1. The molecule has 149 valence electrons. The summed E-state index contributed by atoms with van der Waals surface area (Å²) in [4.78, 5) is 4.75. The Balaban J connectivity index is 0.00000261. The van der Waals surface area contributed by atoms with Crippen molar-refractivity contribution in [1.82, 2.24) is 4.98 Å². The number of hydrogen-bond donors (Lipinski definition) is 0. The Morgan fingerprint density at radius 1 is 0.963 bits per heavy atom. The van der Waals surface area contributed by atoms with Crippen molar-refractivity contribution >= 4 is 0 Å². The minimum absolute atomic E-state index is 0. The zero-order valence-electron chi connectivity index (χ0n) is 18.4. The Morgan fingerprint density at radius 2 is 1.56 bits per heavy atom. The quantitative estimate of drug-likeness (QED) is 0.385. The van der Waals surface area contributed by atoms with Crippen LogP contribution in [-0.2, 0) is 37.4 Å². The molecular weight excluding hydrogens is 506 g/mol. The van der Waals surface area contributed by atoms with Gasteiger partial charge in [-0.05, 0) is 39.8 Å². The van der Waals surface area contributed by atoms with Gasteiger partial charge in [0.05, 0.1) is 0 Å². The molecule has 27 heavy (non-hydrogen) atoms. The van der Waals surface area contributed by atoms with Crippen molar-refractivity contribution in [2.24, 2.45) is 10.8 Å². The van der Waals surface area contributed by atoms with E-state index in [1.807, 2.05) is 12.3 Å². The third kappa shape index (κ3) is 3.45. The topological polar surface area (TPSA) is 12.9 Å². The molecule has 1 nitrogen and oxygen atoms in total. The predicted molar refractivity (Wildman–Crippen MR) is 112 cm³/mol. The summed E-state index contributed by atoms with van der Waals surface area (Å²) in [6.45, 7) is 21.2. The van der Waals surface area contributed by atoms with Gasteiger partial charge < -0.3 is 4.98 Å². The van der Waals surface area contributed by atoms with Gasteiger partial charge in [-0.1, -0.05) is 73.9 Å². The van der Waals surface area contributed by atoms with Crippen molar-refractivity contribution < 1.29 is 20.1 Å². The maximum atomic E-state index is 4.75. The van der Waals surface area contributed by atoms with Gasteiger partial charge in [-0.15, -0.1) is 34.9 Å². The second-order valence-electron chi connectivity index (χ2n) is 10.8. The maximum Gasteiger partial charge on any atom is 0.0160 e. The molecule has 1 aromatic carbocycles. The third-order valence-electron chi connectivity index (χ3n) is 7.29. The summed E-state index contributed by atoms with van der Waals surface area (Å²) >= 11 is 0. The molecule has 2 aromatic rings. The van der Waals surface area contributed by atoms with Crippen LogP contribution in [0.4, 0.5) is 0 Å². The molecule has 0 amide bonds. The molecule has 1 radical (unpaired) electrons. The summed E-state index contributed by atoms with van der Waals surface area (Å²) < 4.78 is 0. The molecule has 1 heterocycles. The van der Waals surface area contributed by atoms with Gasteiger partial charge >= 0.3 is 0 Å². The molecule has 3 rings (SSSR count). The van der Waals surface area contributed by atoms with Crippen molar-refractivity contribution in [1.29, 1.82) is 0 Å². The normalized spacial score (nSPS) is 19.3. The summed E-state index contributed by atoms with van der Waals surface area (Å²) in [5, 5.41) is 0. The standard InChI is InChI=1S/C25H34N.Ir/c1-22(2,3)16-18-11-10-14-26-21(18)17-12-13-19-20(15-17)24(6,7)25(8,9)23(19,4)5;/h10-11,13-15H,16H2,1-9H3;/q-1;. The van der Waals surface area contributed by atoms with Crippen LogP contribution in [0.15, 0.2) is 30.5 Å². The summed E-state index contributed by atoms with van der Waals surface area (Å²) in [7, 11) is 0. The number of pyridine rings is 1. The Bertz CT molecular complexity index is 838. The maximum absolute atomic E-state index is 4.75. The van der Waals surface area contributed by atoms with Crippen LogP contribution in [0.5, 0.6) is 0 Å². The van der Waals surface area contributed by atoms with E-state index in [1.54, 1.807) is 0 Å². The van der Waals surface area contributed by atoms with Gasteiger partial charge in [-0.3, -0.25) is 0 Å². The van der Waals surface area contributed by atoms with Crippen LogP contribution in [-0.4, -0.2) is 4.98 Å². The van der Waals surface area contributed by atoms with E-state index in [9.17, 15) is 0 Å². The van der Waals surface area contributed by atoms with E-state index in [-0.39, 0.29) is 41.8 Å². The van der Waals surface area contributed by atoms with E-state index in [2.05, 4.69) is 86.6 Å². The average Bonchev–Trinajstić information content (AvgIpc) is 2.62. The van der Waals surface area contributed by atoms with E-state index in [1.165, 1.54) is 16.7 Å². The molecule has 1 aliphatic carbocycles. The molecule has 0 saturated carbocycles. The molecule has 0 bridgehead atoms. The number of rotatable bonds is 2. The fraction of sp³-hybridized carbons (Fsp3) is 0.560. The second-order valence-corrected chi connectivity index (χ2v) is 10.8. The minimum atomic E-state index is 0. The van der Waals surface area contributed by atoms with Crippen LogP contribution in [0.3, 0.4) is 0 Å². The van der Waals surface area contributed by atoms with Gasteiger partial charge in [0.25, 0.3) is 0 Å². The fourth-order valence-electron chi connectivity index (χ4n) is 4.51. The number of fused-ring (bicyclic) bond motifs is 1. The molecule has 1 aromatic heterocycles. The number of benzene rings is 1. The molecule has 0 N–H and O–H groups in total. The van der Waals surface area contributed by atoms with Crippen molar-refractivity contribution in [3.63, 3.8) is 0 Å². The van der Waals surface area contributed by atoms with Crippen LogP contribution in [0.25, 0.3) is 11.3 Å². The Hall–Kier alpha value is -0.981. The largest absolute Gasteiger partial charge is 0.304 e. The van der Waals surface area contributed by atoms with E-state index in [4.69, 9.17) is 4.98 Å². The average molecular weight is 541 g/mol. The van der Waals surface area contributed by atoms with Gasteiger partial charge in [0.1, 0.15) is 0 Å². The first-order chi connectivity index (χ1) is 11.8. The Labute approximate surface area is 179 Å². The predicted octanol–water partition coefficient (Wildman–Crippen LogP) is 6.73. The summed E-state index contributed by atoms with van der Waals surface area (Å²) in [5.41, 5.74) is 7.05. The number of hydrogen-bond acceptors (Lipinski definition) is 1. The summed E-state index contributed by atoms with van der Waals surface area (Å²) in [5.74, 6) is 0. The van der Waals surface area contributed by atoms with E-state index in [0.29, 0.717) is 0 Å².